The Morgan fingerprint density at radius 3 is 2.10 bits per heavy atom. The van der Waals surface area contributed by atoms with Crippen LogP contribution in [-0.4, -0.2) is 30.6 Å². The lowest BCUT2D eigenvalue weighted by atomic mass is 9.85. The summed E-state index contributed by atoms with van der Waals surface area (Å²) in [5.41, 5.74) is 7.72. The number of benzene rings is 1. The first kappa shape index (κ1) is 17.2. The first-order valence-corrected chi connectivity index (χ1v) is 7.74. The smallest absolute Gasteiger partial charge is 0.0224 e. The van der Waals surface area contributed by atoms with Crippen LogP contribution in [0.15, 0.2) is 30.3 Å². The molecule has 0 spiro atoms. The highest BCUT2D eigenvalue weighted by Gasteiger charge is 2.28. The topological polar surface area (TPSA) is 29.3 Å². The van der Waals surface area contributed by atoms with Gasteiger partial charge in [0.1, 0.15) is 0 Å². The van der Waals surface area contributed by atoms with Crippen LogP contribution in [0.4, 0.5) is 0 Å². The van der Waals surface area contributed by atoms with Crippen LogP contribution in [0.5, 0.6) is 0 Å². The van der Waals surface area contributed by atoms with Crippen molar-refractivity contribution in [1.29, 1.82) is 0 Å². The monoisotopic (exact) mass is 276 g/mol. The fourth-order valence-corrected chi connectivity index (χ4v) is 2.68. The minimum absolute atomic E-state index is 0.276. The molecule has 2 N–H and O–H groups in total. The molecule has 0 amide bonds. The fraction of sp³-hybridized carbons (Fsp3) is 0.667. The third-order valence-corrected chi connectivity index (χ3v) is 4.71. The molecule has 1 aromatic carbocycles. The maximum atomic E-state index is 6.04. The first-order valence-electron chi connectivity index (χ1n) is 7.74. The summed E-state index contributed by atoms with van der Waals surface area (Å²) in [4.78, 5) is 2.46. The van der Waals surface area contributed by atoms with Gasteiger partial charge in [-0.15, -0.1) is 0 Å². The van der Waals surface area contributed by atoms with Crippen LogP contribution >= 0.6 is 0 Å². The van der Waals surface area contributed by atoms with E-state index in [0.29, 0.717) is 24.5 Å². The molecule has 0 bridgehead atoms. The zero-order valence-corrected chi connectivity index (χ0v) is 14.1. The number of nitrogens with zero attached hydrogens (tertiary/aromatic N) is 1. The van der Waals surface area contributed by atoms with Crippen LogP contribution in [0.2, 0.25) is 0 Å². The largest absolute Gasteiger partial charge is 0.329 e. The Morgan fingerprint density at radius 1 is 1.10 bits per heavy atom. The molecular formula is C18H32N2. The second kappa shape index (κ2) is 7.24. The molecule has 0 saturated carbocycles. The summed E-state index contributed by atoms with van der Waals surface area (Å²) in [5, 5.41) is 0. The summed E-state index contributed by atoms with van der Waals surface area (Å²) < 4.78 is 0. The molecule has 0 saturated heterocycles. The van der Waals surface area contributed by atoms with E-state index in [1.165, 1.54) is 5.56 Å². The maximum Gasteiger partial charge on any atom is 0.0224 e. The average molecular weight is 276 g/mol. The van der Waals surface area contributed by atoms with Crippen LogP contribution in [0.3, 0.4) is 0 Å². The van der Waals surface area contributed by atoms with Gasteiger partial charge in [-0.25, -0.2) is 0 Å². The SMILES string of the molecule is CC(CC(CN)N(C)C(C)C(C)(C)C)c1ccccc1. The molecule has 0 aliphatic heterocycles. The fourth-order valence-electron chi connectivity index (χ4n) is 2.68. The summed E-state index contributed by atoms with van der Waals surface area (Å²) >= 11 is 0. The van der Waals surface area contributed by atoms with E-state index in [-0.39, 0.29) is 5.41 Å². The summed E-state index contributed by atoms with van der Waals surface area (Å²) in [7, 11) is 2.21. The predicted octanol–water partition coefficient (Wildman–Crippen LogP) is 3.87. The van der Waals surface area contributed by atoms with Gasteiger partial charge in [0, 0.05) is 18.6 Å². The highest BCUT2D eigenvalue weighted by Crippen LogP contribution is 2.28. The van der Waals surface area contributed by atoms with Crippen molar-refractivity contribution in [3.8, 4) is 0 Å². The van der Waals surface area contributed by atoms with E-state index in [0.717, 1.165) is 6.42 Å². The average Bonchev–Trinajstić information content (AvgIpc) is 2.42. The molecule has 0 aliphatic carbocycles. The van der Waals surface area contributed by atoms with Crippen LogP contribution in [0, 0.1) is 5.41 Å². The lowest BCUT2D eigenvalue weighted by Crippen LogP contribution is -2.48. The molecule has 3 atom stereocenters. The molecule has 1 aromatic rings. The number of hydrogen-bond donors (Lipinski definition) is 1. The van der Waals surface area contributed by atoms with E-state index in [1.54, 1.807) is 0 Å². The Morgan fingerprint density at radius 2 is 1.65 bits per heavy atom. The van der Waals surface area contributed by atoms with Gasteiger partial charge in [-0.05, 0) is 37.3 Å². The van der Waals surface area contributed by atoms with Crippen LogP contribution in [0.25, 0.3) is 0 Å². The summed E-state index contributed by atoms with van der Waals surface area (Å²) in [6.45, 7) is 12.2. The van der Waals surface area contributed by atoms with Crippen molar-refractivity contribution in [2.24, 2.45) is 11.1 Å². The normalized spacial score (nSPS) is 17.0. The van der Waals surface area contributed by atoms with Crippen LogP contribution in [-0.2, 0) is 0 Å². The van der Waals surface area contributed by atoms with Crippen LogP contribution in [0.1, 0.15) is 52.5 Å². The molecule has 0 heterocycles. The van der Waals surface area contributed by atoms with Crippen molar-refractivity contribution >= 4 is 0 Å². The lowest BCUT2D eigenvalue weighted by Gasteiger charge is -2.40. The third-order valence-electron chi connectivity index (χ3n) is 4.71. The van der Waals surface area contributed by atoms with E-state index >= 15 is 0 Å². The number of rotatable bonds is 6. The number of hydrogen-bond acceptors (Lipinski definition) is 2. The molecule has 3 unspecified atom stereocenters. The van der Waals surface area contributed by atoms with Crippen molar-refractivity contribution < 1.29 is 0 Å². The molecule has 0 fully saturated rings. The molecule has 1 rings (SSSR count). The van der Waals surface area contributed by atoms with Gasteiger partial charge in [-0.2, -0.15) is 0 Å². The highest BCUT2D eigenvalue weighted by molar-refractivity contribution is 5.19. The highest BCUT2D eigenvalue weighted by atomic mass is 15.2. The Balaban J connectivity index is 2.72. The molecule has 2 nitrogen and oxygen atoms in total. The molecular weight excluding hydrogens is 244 g/mol. The maximum absolute atomic E-state index is 6.04. The second-order valence-corrected chi connectivity index (χ2v) is 7.14. The first-order chi connectivity index (χ1) is 9.27. The van der Waals surface area contributed by atoms with Gasteiger partial charge in [0.05, 0.1) is 0 Å². The van der Waals surface area contributed by atoms with Gasteiger partial charge in [0.15, 0.2) is 0 Å². The van der Waals surface area contributed by atoms with Gasteiger partial charge >= 0.3 is 0 Å². The van der Waals surface area contributed by atoms with Crippen molar-refractivity contribution in [1.82, 2.24) is 4.90 Å². The number of nitrogens with two attached hydrogens (primary N) is 1. The minimum Gasteiger partial charge on any atom is -0.329 e. The van der Waals surface area contributed by atoms with Gasteiger partial charge < -0.3 is 5.73 Å². The lowest BCUT2D eigenvalue weighted by molar-refractivity contribution is 0.0931. The molecule has 2 heteroatoms. The van der Waals surface area contributed by atoms with Crippen molar-refractivity contribution in [3.05, 3.63) is 35.9 Å². The Hall–Kier alpha value is -0.860. The van der Waals surface area contributed by atoms with Gasteiger partial charge in [-0.3, -0.25) is 4.90 Å². The van der Waals surface area contributed by atoms with Crippen molar-refractivity contribution in [3.63, 3.8) is 0 Å². The van der Waals surface area contributed by atoms with E-state index < -0.39 is 0 Å². The van der Waals surface area contributed by atoms with E-state index in [2.05, 4.69) is 76.9 Å². The summed E-state index contributed by atoms with van der Waals surface area (Å²) in [6.07, 6.45) is 1.11. The Bertz CT molecular complexity index is 380. The van der Waals surface area contributed by atoms with E-state index in [9.17, 15) is 0 Å². The standard InChI is InChI=1S/C18H32N2/c1-14(16-10-8-7-9-11-16)12-17(13-19)20(6)15(2)18(3,4)5/h7-11,14-15,17H,12-13,19H2,1-6H3. The Labute approximate surface area is 125 Å². The zero-order valence-electron chi connectivity index (χ0n) is 14.1. The Kier molecular flexibility index (Phi) is 6.22. The van der Waals surface area contributed by atoms with Crippen LogP contribution < -0.4 is 5.73 Å². The molecule has 0 radical (unpaired) electrons. The van der Waals surface area contributed by atoms with E-state index in [4.69, 9.17) is 5.73 Å². The summed E-state index contributed by atoms with van der Waals surface area (Å²) in [6, 6.07) is 11.7. The van der Waals surface area contributed by atoms with Crippen molar-refractivity contribution in [2.75, 3.05) is 13.6 Å². The molecule has 0 aromatic heterocycles. The molecule has 114 valence electrons. The van der Waals surface area contributed by atoms with E-state index in [1.807, 2.05) is 0 Å². The van der Waals surface area contributed by atoms with Crippen molar-refractivity contribution in [2.45, 2.75) is 59.0 Å². The quantitative estimate of drug-likeness (QED) is 0.854. The molecule has 0 aliphatic rings. The minimum atomic E-state index is 0.276. The summed E-state index contributed by atoms with van der Waals surface area (Å²) in [5.74, 6) is 0.541. The van der Waals surface area contributed by atoms with Gasteiger partial charge in [0.2, 0.25) is 0 Å². The molecule has 20 heavy (non-hydrogen) atoms. The third kappa shape index (κ3) is 4.60. The van der Waals surface area contributed by atoms with Gasteiger partial charge in [0.25, 0.3) is 0 Å². The number of likely N-dealkylation sites (N-methyl/N-ethyl adjacent to an activating group) is 1. The van der Waals surface area contributed by atoms with Gasteiger partial charge in [-0.1, -0.05) is 58.0 Å². The second-order valence-electron chi connectivity index (χ2n) is 7.14. The predicted molar refractivity (Wildman–Crippen MR) is 89.0 cm³/mol. The zero-order chi connectivity index (χ0) is 15.3.